The Bertz CT molecular complexity index is 714. The van der Waals surface area contributed by atoms with Gasteiger partial charge in [-0.3, -0.25) is 4.90 Å². The van der Waals surface area contributed by atoms with E-state index in [-0.39, 0.29) is 5.92 Å². The molecule has 0 radical (unpaired) electrons. The molecule has 3 atom stereocenters. The Kier molecular flexibility index (Phi) is 3.39. The van der Waals surface area contributed by atoms with Crippen molar-refractivity contribution in [1.29, 1.82) is 0 Å². The van der Waals surface area contributed by atoms with Gasteiger partial charge in [-0.2, -0.15) is 0 Å². The lowest BCUT2D eigenvalue weighted by Crippen LogP contribution is -2.34. The number of phenols is 1. The highest BCUT2D eigenvalue weighted by Gasteiger charge is 2.45. The van der Waals surface area contributed by atoms with Crippen LogP contribution in [0.3, 0.4) is 0 Å². The van der Waals surface area contributed by atoms with Gasteiger partial charge >= 0.3 is 0 Å². The number of rotatable bonds is 1. The molecule has 1 aliphatic carbocycles. The highest BCUT2D eigenvalue weighted by Crippen LogP contribution is 2.55. The average Bonchev–Trinajstić information content (AvgIpc) is 2.82. The monoisotopic (exact) mass is 313 g/mol. The van der Waals surface area contributed by atoms with E-state index in [1.54, 1.807) is 0 Å². The summed E-state index contributed by atoms with van der Waals surface area (Å²) in [6.45, 7) is 1.14. The average molecular weight is 314 g/mol. The molecular formula is C19H20ClNO. The molecule has 3 heteroatoms. The number of phenolic OH excluding ortho intramolecular Hbond substituents is 1. The van der Waals surface area contributed by atoms with Crippen LogP contribution in [-0.2, 0) is 0 Å². The molecule has 2 aromatic rings. The van der Waals surface area contributed by atoms with Crippen molar-refractivity contribution in [3.05, 3.63) is 64.2 Å². The molecule has 0 saturated carbocycles. The van der Waals surface area contributed by atoms with Crippen LogP contribution in [0.15, 0.2) is 42.5 Å². The molecule has 0 amide bonds. The van der Waals surface area contributed by atoms with E-state index in [9.17, 15) is 5.11 Å². The van der Waals surface area contributed by atoms with Gasteiger partial charge in [0.15, 0.2) is 0 Å². The molecule has 3 unspecified atom stereocenters. The summed E-state index contributed by atoms with van der Waals surface area (Å²) in [4.78, 5) is 2.46. The number of nitrogens with zero attached hydrogens (tertiary/aromatic N) is 1. The molecule has 4 rings (SSSR count). The molecular weight excluding hydrogens is 294 g/mol. The first-order valence-electron chi connectivity index (χ1n) is 7.94. The Morgan fingerprint density at radius 2 is 1.91 bits per heavy atom. The molecule has 0 spiro atoms. The summed E-state index contributed by atoms with van der Waals surface area (Å²) in [5.74, 6) is 1.16. The summed E-state index contributed by atoms with van der Waals surface area (Å²) < 4.78 is 0. The van der Waals surface area contributed by atoms with Crippen LogP contribution in [0.1, 0.15) is 41.5 Å². The Morgan fingerprint density at radius 1 is 1.09 bits per heavy atom. The molecule has 1 N–H and O–H groups in total. The molecule has 114 valence electrons. The van der Waals surface area contributed by atoms with Gasteiger partial charge in [-0.25, -0.2) is 0 Å². The zero-order chi connectivity index (χ0) is 15.3. The Hall–Kier alpha value is -1.51. The molecule has 2 aromatic carbocycles. The first kappa shape index (κ1) is 14.1. The van der Waals surface area contributed by atoms with Crippen LogP contribution in [0, 0.1) is 5.92 Å². The van der Waals surface area contributed by atoms with Gasteiger partial charge in [0.2, 0.25) is 0 Å². The van der Waals surface area contributed by atoms with Gasteiger partial charge < -0.3 is 5.11 Å². The van der Waals surface area contributed by atoms with Crippen molar-refractivity contribution in [2.45, 2.75) is 24.8 Å². The van der Waals surface area contributed by atoms with Crippen molar-refractivity contribution in [3.63, 3.8) is 0 Å². The molecule has 1 fully saturated rings. The third kappa shape index (κ3) is 2.05. The fourth-order valence-corrected chi connectivity index (χ4v) is 4.73. The summed E-state index contributed by atoms with van der Waals surface area (Å²) >= 11 is 6.50. The summed E-state index contributed by atoms with van der Waals surface area (Å²) in [5, 5.41) is 10.8. The minimum atomic E-state index is 0.281. The van der Waals surface area contributed by atoms with Crippen molar-refractivity contribution in [1.82, 2.24) is 4.90 Å². The van der Waals surface area contributed by atoms with Crippen molar-refractivity contribution in [3.8, 4) is 5.75 Å². The summed E-state index contributed by atoms with van der Waals surface area (Å²) in [7, 11) is 2.21. The molecule has 1 saturated heterocycles. The smallest absolute Gasteiger partial charge is 0.115 e. The van der Waals surface area contributed by atoms with Crippen LogP contribution in [-0.4, -0.2) is 23.6 Å². The highest BCUT2D eigenvalue weighted by molar-refractivity contribution is 6.31. The second kappa shape index (κ2) is 5.29. The third-order valence-electron chi connectivity index (χ3n) is 5.32. The molecule has 1 heterocycles. The first-order chi connectivity index (χ1) is 10.7. The normalized spacial score (nSPS) is 27.5. The maximum atomic E-state index is 9.98. The quantitative estimate of drug-likeness (QED) is 0.833. The Morgan fingerprint density at radius 3 is 2.73 bits per heavy atom. The molecule has 0 bridgehead atoms. The lowest BCUT2D eigenvalue weighted by atomic mass is 9.80. The second-order valence-corrected chi connectivity index (χ2v) is 6.95. The Labute approximate surface area is 136 Å². The van der Waals surface area contributed by atoms with Gasteiger partial charge in [0, 0.05) is 17.0 Å². The van der Waals surface area contributed by atoms with Crippen molar-refractivity contribution in [2.75, 3.05) is 13.6 Å². The van der Waals surface area contributed by atoms with E-state index < -0.39 is 0 Å². The van der Waals surface area contributed by atoms with Crippen molar-refractivity contribution in [2.24, 2.45) is 5.92 Å². The van der Waals surface area contributed by atoms with E-state index in [0.29, 0.717) is 17.7 Å². The van der Waals surface area contributed by atoms with Gasteiger partial charge in [0.25, 0.3) is 0 Å². The van der Waals surface area contributed by atoms with E-state index in [4.69, 9.17) is 11.6 Å². The van der Waals surface area contributed by atoms with Gasteiger partial charge in [0.05, 0.1) is 0 Å². The lowest BCUT2D eigenvalue weighted by molar-refractivity contribution is 0.127. The number of halogens is 1. The predicted molar refractivity (Wildman–Crippen MR) is 89.5 cm³/mol. The number of fused-ring (bicyclic) bond motifs is 3. The number of hydrogen-bond acceptors (Lipinski definition) is 2. The van der Waals surface area contributed by atoms with Gasteiger partial charge in [0.1, 0.15) is 5.75 Å². The fraction of sp³-hybridized carbons (Fsp3) is 0.368. The van der Waals surface area contributed by atoms with Crippen molar-refractivity contribution >= 4 is 11.6 Å². The van der Waals surface area contributed by atoms with Gasteiger partial charge in [-0.05, 0) is 67.2 Å². The van der Waals surface area contributed by atoms with E-state index in [1.165, 1.54) is 29.5 Å². The molecule has 2 aliphatic rings. The van der Waals surface area contributed by atoms with E-state index in [0.717, 1.165) is 11.6 Å². The van der Waals surface area contributed by atoms with Crippen molar-refractivity contribution < 1.29 is 5.11 Å². The summed E-state index contributed by atoms with van der Waals surface area (Å²) in [6.07, 6.45) is 2.43. The topological polar surface area (TPSA) is 23.5 Å². The molecule has 22 heavy (non-hydrogen) atoms. The number of likely N-dealkylation sites (tertiary alicyclic amines) is 1. The standard InChI is InChI=1S/C19H20ClNO/c1-21-10-4-6-15-18(14-5-2-3-7-17(14)20)16-11-12(22)8-9-13(16)19(15)21/h2-3,5,7-9,11,15,18-19,22H,4,6,10H2,1H3. The first-order valence-corrected chi connectivity index (χ1v) is 8.32. The van der Waals surface area contributed by atoms with E-state index in [1.807, 2.05) is 24.3 Å². The molecule has 2 nitrogen and oxygen atoms in total. The molecule has 1 aliphatic heterocycles. The number of piperidine rings is 1. The third-order valence-corrected chi connectivity index (χ3v) is 5.67. The minimum absolute atomic E-state index is 0.281. The van der Waals surface area contributed by atoms with Crippen LogP contribution < -0.4 is 0 Å². The largest absolute Gasteiger partial charge is 0.508 e. The maximum Gasteiger partial charge on any atom is 0.115 e. The van der Waals surface area contributed by atoms with Crippen LogP contribution in [0.25, 0.3) is 0 Å². The maximum absolute atomic E-state index is 9.98. The zero-order valence-electron chi connectivity index (χ0n) is 12.7. The summed E-state index contributed by atoms with van der Waals surface area (Å²) in [5.41, 5.74) is 3.80. The minimum Gasteiger partial charge on any atom is -0.508 e. The van der Waals surface area contributed by atoms with Gasteiger partial charge in [-0.15, -0.1) is 0 Å². The SMILES string of the molecule is CN1CCCC2C(c3ccccc3Cl)c3cc(O)ccc3C21. The molecule has 0 aromatic heterocycles. The summed E-state index contributed by atoms with van der Waals surface area (Å²) in [6, 6.07) is 14.4. The van der Waals surface area contributed by atoms with E-state index >= 15 is 0 Å². The number of benzene rings is 2. The van der Waals surface area contributed by atoms with Crippen LogP contribution in [0.4, 0.5) is 0 Å². The number of aromatic hydroxyl groups is 1. The van der Waals surface area contributed by atoms with Crippen LogP contribution in [0.5, 0.6) is 5.75 Å². The van der Waals surface area contributed by atoms with Crippen LogP contribution in [0.2, 0.25) is 5.02 Å². The lowest BCUT2D eigenvalue weighted by Gasteiger charge is -2.37. The Balaban J connectivity index is 1.91. The number of hydrogen-bond donors (Lipinski definition) is 1. The predicted octanol–water partition coefficient (Wildman–Crippen LogP) is 4.57. The van der Waals surface area contributed by atoms with E-state index in [2.05, 4.69) is 30.1 Å². The van der Waals surface area contributed by atoms with Gasteiger partial charge in [-0.1, -0.05) is 35.9 Å². The fourth-order valence-electron chi connectivity index (χ4n) is 4.47. The van der Waals surface area contributed by atoms with Crippen LogP contribution >= 0.6 is 11.6 Å². The highest BCUT2D eigenvalue weighted by atomic mass is 35.5. The zero-order valence-corrected chi connectivity index (χ0v) is 13.4. The second-order valence-electron chi connectivity index (χ2n) is 6.54.